The average molecular weight is 265 g/mol. The topological polar surface area (TPSA) is 68.9 Å². The molecule has 17 heavy (non-hydrogen) atoms. The van der Waals surface area contributed by atoms with Crippen molar-refractivity contribution in [2.75, 3.05) is 0 Å². The summed E-state index contributed by atoms with van der Waals surface area (Å²) in [4.78, 5) is 12.3. The predicted molar refractivity (Wildman–Crippen MR) is 65.6 cm³/mol. The van der Waals surface area contributed by atoms with Crippen LogP contribution >= 0.6 is 23.5 Å². The highest BCUT2D eigenvalue weighted by molar-refractivity contribution is 7.93. The zero-order chi connectivity index (χ0) is 11.8. The molecular weight excluding hydrogens is 258 g/mol. The van der Waals surface area contributed by atoms with E-state index in [0.29, 0.717) is 16.8 Å². The molecule has 86 valence electrons. The Labute approximate surface area is 105 Å². The number of hydrogen-bond donors (Lipinski definition) is 0. The highest BCUT2D eigenvalue weighted by Gasteiger charge is 2.21. The zero-order valence-corrected chi connectivity index (χ0v) is 10.3. The van der Waals surface area contributed by atoms with Crippen LogP contribution in [-0.4, -0.2) is 13.9 Å². The number of benzene rings is 1. The summed E-state index contributed by atoms with van der Waals surface area (Å²) in [6.07, 6.45) is 1.91. The first-order valence-electron chi connectivity index (χ1n) is 5.01. The van der Waals surface area contributed by atoms with Gasteiger partial charge in [0.25, 0.3) is 11.9 Å². The van der Waals surface area contributed by atoms with Gasteiger partial charge in [-0.1, -0.05) is 10.6 Å². The molecule has 0 saturated heterocycles. The Morgan fingerprint density at radius 1 is 1.41 bits per heavy atom. The fraction of sp³-hybridized carbons (Fsp3) is 0.200. The highest BCUT2D eigenvalue weighted by Crippen LogP contribution is 2.35. The van der Waals surface area contributed by atoms with Gasteiger partial charge in [0.05, 0.1) is 9.77 Å². The predicted octanol–water partition coefficient (Wildman–Crippen LogP) is 2.59. The van der Waals surface area contributed by atoms with Gasteiger partial charge in [0.2, 0.25) is 0 Å². The number of aryl methyl sites for hydroxylation is 2. The molecule has 1 aliphatic rings. The maximum absolute atomic E-state index is 10.5. The smallest absolute Gasteiger partial charge is 0.250 e. The molecule has 1 aromatic carbocycles. The average Bonchev–Trinajstić information content (AvgIpc) is 2.76. The summed E-state index contributed by atoms with van der Waals surface area (Å²) in [5.74, 6) is 0. The van der Waals surface area contributed by atoms with Crippen LogP contribution in [0.3, 0.4) is 0 Å². The lowest BCUT2D eigenvalue weighted by Crippen LogP contribution is -2.02. The first-order chi connectivity index (χ1) is 8.24. The van der Waals surface area contributed by atoms with Crippen LogP contribution in [0.2, 0.25) is 0 Å². The van der Waals surface area contributed by atoms with Gasteiger partial charge in [-0.25, -0.2) is 0 Å². The molecule has 7 heteroatoms. The van der Waals surface area contributed by atoms with E-state index in [0.717, 1.165) is 24.1 Å². The van der Waals surface area contributed by atoms with Crippen molar-refractivity contribution in [2.45, 2.75) is 17.7 Å². The Hall–Kier alpha value is -1.47. The van der Waals surface area contributed by atoms with E-state index >= 15 is 0 Å². The molecule has 0 fully saturated rings. The second-order valence-corrected chi connectivity index (χ2v) is 5.47. The van der Waals surface area contributed by atoms with Crippen LogP contribution in [0.25, 0.3) is 11.3 Å². The van der Waals surface area contributed by atoms with Crippen molar-refractivity contribution in [1.29, 1.82) is 0 Å². The Balaban J connectivity index is 2.08. The van der Waals surface area contributed by atoms with Gasteiger partial charge in [-0.15, -0.1) is 5.10 Å². The second-order valence-electron chi connectivity index (χ2n) is 3.68. The van der Waals surface area contributed by atoms with Crippen molar-refractivity contribution in [3.8, 4) is 11.3 Å². The fourth-order valence-corrected chi connectivity index (χ4v) is 3.09. The first-order valence-corrected chi connectivity index (χ1v) is 6.55. The van der Waals surface area contributed by atoms with Gasteiger partial charge in [-0.05, 0) is 42.1 Å². The molecule has 0 aliphatic heterocycles. The van der Waals surface area contributed by atoms with Crippen molar-refractivity contribution in [3.63, 3.8) is 0 Å². The lowest BCUT2D eigenvalue weighted by atomic mass is 9.94. The lowest BCUT2D eigenvalue weighted by Gasteiger charge is -2.13. The number of rotatable bonds is 2. The fourth-order valence-electron chi connectivity index (χ4n) is 1.96. The largest absolute Gasteiger partial charge is 0.265 e. The Kier molecular flexibility index (Phi) is 2.56. The van der Waals surface area contributed by atoms with Gasteiger partial charge in [-0.3, -0.25) is 10.1 Å². The van der Waals surface area contributed by atoms with Gasteiger partial charge < -0.3 is 0 Å². The molecular formula is C10H7N3O2S2. The Morgan fingerprint density at radius 3 is 3.12 bits per heavy atom. The number of fused-ring (bicyclic) bond motifs is 3. The maximum Gasteiger partial charge on any atom is 0.265 e. The van der Waals surface area contributed by atoms with E-state index in [1.54, 1.807) is 6.07 Å². The molecule has 0 bridgehead atoms. The van der Waals surface area contributed by atoms with Crippen molar-refractivity contribution >= 4 is 23.5 Å². The molecule has 0 N–H and O–H groups in total. The van der Waals surface area contributed by atoms with Crippen LogP contribution in [0.5, 0.6) is 0 Å². The number of aromatic nitrogens is 2. The standard InChI is InChI=1S/C10H7N3O2S2/c14-13(15)17-7-3-1-6-2-4-9-10(8(6)5-7)11-12-16-9/h1,3,5H,2,4H2. The maximum atomic E-state index is 10.5. The van der Waals surface area contributed by atoms with E-state index in [-0.39, 0.29) is 0 Å². The molecule has 1 aromatic heterocycles. The molecule has 0 saturated carbocycles. The molecule has 0 atom stereocenters. The summed E-state index contributed by atoms with van der Waals surface area (Å²) in [5.41, 5.74) is 3.08. The molecule has 1 aliphatic carbocycles. The van der Waals surface area contributed by atoms with E-state index in [1.807, 2.05) is 12.1 Å². The first kappa shape index (κ1) is 10.7. The van der Waals surface area contributed by atoms with Gasteiger partial charge in [0.1, 0.15) is 10.0 Å². The van der Waals surface area contributed by atoms with Crippen molar-refractivity contribution in [3.05, 3.63) is 38.8 Å². The molecule has 1 heterocycles. The number of nitrogens with zero attached hydrogens (tertiary/aromatic N) is 3. The number of nitro groups is 1. The molecule has 0 radical (unpaired) electrons. The zero-order valence-electron chi connectivity index (χ0n) is 8.62. The number of hydrogen-bond acceptors (Lipinski definition) is 6. The van der Waals surface area contributed by atoms with Gasteiger partial charge in [0, 0.05) is 5.56 Å². The minimum Gasteiger partial charge on any atom is -0.250 e. The molecule has 0 amide bonds. The van der Waals surface area contributed by atoms with Crippen LogP contribution < -0.4 is 0 Å². The monoisotopic (exact) mass is 265 g/mol. The van der Waals surface area contributed by atoms with Crippen molar-refractivity contribution < 1.29 is 4.33 Å². The summed E-state index contributed by atoms with van der Waals surface area (Å²) in [5, 5.41) is 14.6. The Morgan fingerprint density at radius 2 is 2.29 bits per heavy atom. The van der Waals surface area contributed by atoms with E-state index in [1.165, 1.54) is 22.0 Å². The minimum absolute atomic E-state index is 0.398. The van der Waals surface area contributed by atoms with Crippen molar-refractivity contribution in [2.24, 2.45) is 0 Å². The van der Waals surface area contributed by atoms with E-state index in [2.05, 4.69) is 9.59 Å². The van der Waals surface area contributed by atoms with E-state index in [4.69, 9.17) is 0 Å². The minimum atomic E-state index is -0.398. The molecule has 0 unspecified atom stereocenters. The lowest BCUT2D eigenvalue weighted by molar-refractivity contribution is -0.284. The van der Waals surface area contributed by atoms with E-state index in [9.17, 15) is 10.1 Å². The Bertz CT molecular complexity index is 597. The molecule has 2 aromatic rings. The van der Waals surface area contributed by atoms with Crippen LogP contribution in [0.1, 0.15) is 10.4 Å². The third kappa shape index (κ3) is 1.91. The molecule has 5 nitrogen and oxygen atoms in total. The van der Waals surface area contributed by atoms with E-state index < -0.39 is 4.33 Å². The summed E-state index contributed by atoms with van der Waals surface area (Å²) in [6, 6.07) is 5.57. The van der Waals surface area contributed by atoms with Crippen LogP contribution in [0.4, 0.5) is 0 Å². The summed E-state index contributed by atoms with van der Waals surface area (Å²) < 4.78 is 3.55. The van der Waals surface area contributed by atoms with Crippen LogP contribution in [0.15, 0.2) is 23.1 Å². The third-order valence-corrected chi connectivity index (χ3v) is 4.09. The second kappa shape index (κ2) is 4.08. The molecule has 0 spiro atoms. The SMILES string of the molecule is O=[N+]([O-])Sc1ccc2c(c1)-c1nnsc1CC2. The van der Waals surface area contributed by atoms with Crippen LogP contribution in [-0.2, 0) is 12.8 Å². The van der Waals surface area contributed by atoms with Crippen LogP contribution in [0, 0.1) is 10.1 Å². The van der Waals surface area contributed by atoms with Gasteiger partial charge >= 0.3 is 0 Å². The third-order valence-electron chi connectivity index (χ3n) is 2.69. The normalized spacial score (nSPS) is 12.9. The van der Waals surface area contributed by atoms with Gasteiger partial charge in [-0.2, -0.15) is 0 Å². The highest BCUT2D eigenvalue weighted by atomic mass is 32.2. The van der Waals surface area contributed by atoms with Gasteiger partial charge in [0.15, 0.2) is 0 Å². The summed E-state index contributed by atoms with van der Waals surface area (Å²) in [7, 11) is 0. The quantitative estimate of drug-likeness (QED) is 0.474. The summed E-state index contributed by atoms with van der Waals surface area (Å²) in [6.45, 7) is 0. The van der Waals surface area contributed by atoms with Crippen molar-refractivity contribution in [1.82, 2.24) is 9.59 Å². The summed E-state index contributed by atoms with van der Waals surface area (Å²) >= 11 is 2.03. The molecule has 3 rings (SSSR count).